The van der Waals surface area contributed by atoms with E-state index in [9.17, 15) is 4.79 Å². The molecule has 2 rings (SSSR count). The number of carbonyl (C=O) groups excluding carboxylic acids is 1. The Balaban J connectivity index is 1.98. The van der Waals surface area contributed by atoms with Gasteiger partial charge in [-0.1, -0.05) is 24.3 Å². The van der Waals surface area contributed by atoms with Crippen LogP contribution in [0.15, 0.2) is 30.3 Å². The molecule has 0 spiro atoms. The largest absolute Gasteiger partial charge is 0.467 e. The van der Waals surface area contributed by atoms with Crippen LogP contribution in [0.1, 0.15) is 17.0 Å². The number of carbonyl (C=O) groups is 1. The summed E-state index contributed by atoms with van der Waals surface area (Å²) in [5.41, 5.74) is 2.09. The van der Waals surface area contributed by atoms with Crippen LogP contribution in [0.25, 0.3) is 6.08 Å². The van der Waals surface area contributed by atoms with Gasteiger partial charge in [0.1, 0.15) is 0 Å². The van der Waals surface area contributed by atoms with E-state index in [0.717, 1.165) is 11.1 Å². The summed E-state index contributed by atoms with van der Waals surface area (Å²) in [6, 6.07) is 8.08. The molecule has 0 saturated carbocycles. The topological polar surface area (TPSA) is 86.2 Å². The van der Waals surface area contributed by atoms with Crippen LogP contribution in [0, 0.1) is 6.92 Å². The maximum Gasteiger partial charge on any atom is 0.322 e. The lowest BCUT2D eigenvalue weighted by atomic mass is 10.1. The summed E-state index contributed by atoms with van der Waals surface area (Å²) in [6.07, 6.45) is 3.23. The molecule has 0 atom stereocenters. The van der Waals surface area contributed by atoms with E-state index in [1.54, 1.807) is 6.08 Å². The van der Waals surface area contributed by atoms with E-state index in [-0.39, 0.29) is 24.5 Å². The molecule has 1 amide bonds. The molecule has 7 heteroatoms. The minimum atomic E-state index is -0.244. The number of nitrogens with one attached hydrogen (secondary N) is 1. The quantitative estimate of drug-likeness (QED) is 0.814. The SMILES string of the molecule is COc1nc(CNC(=O)/C=C/c2ccccc2C)nc(OC)n1. The molecule has 0 aliphatic rings. The van der Waals surface area contributed by atoms with Gasteiger partial charge in [0.05, 0.1) is 20.8 Å². The first-order valence-corrected chi connectivity index (χ1v) is 6.97. The molecule has 0 fully saturated rings. The lowest BCUT2D eigenvalue weighted by Gasteiger charge is -2.05. The number of ether oxygens (including phenoxy) is 2. The van der Waals surface area contributed by atoms with Gasteiger partial charge in [-0.2, -0.15) is 9.97 Å². The molecule has 0 radical (unpaired) electrons. The predicted octanol–water partition coefficient (Wildman–Crippen LogP) is 1.53. The third kappa shape index (κ3) is 4.77. The van der Waals surface area contributed by atoms with Crippen LogP contribution in [0.5, 0.6) is 12.0 Å². The predicted molar refractivity (Wildman–Crippen MR) is 85.0 cm³/mol. The number of rotatable bonds is 6. The first-order chi connectivity index (χ1) is 11.1. The summed E-state index contributed by atoms with van der Waals surface area (Å²) in [4.78, 5) is 23.9. The van der Waals surface area contributed by atoms with Crippen molar-refractivity contribution >= 4 is 12.0 Å². The molecular weight excluding hydrogens is 296 g/mol. The van der Waals surface area contributed by atoms with Gasteiger partial charge in [-0.05, 0) is 24.1 Å². The van der Waals surface area contributed by atoms with Crippen molar-refractivity contribution < 1.29 is 14.3 Å². The van der Waals surface area contributed by atoms with Crippen molar-refractivity contribution in [3.8, 4) is 12.0 Å². The standard InChI is InChI=1S/C16H18N4O3/c1-11-6-4-5-7-12(11)8-9-14(21)17-10-13-18-15(22-2)20-16(19-13)23-3/h4-9H,10H2,1-3H3,(H,17,21)/b9-8+. The van der Waals surface area contributed by atoms with Gasteiger partial charge in [0.15, 0.2) is 5.82 Å². The number of aromatic nitrogens is 3. The Hall–Kier alpha value is -2.96. The Bertz CT molecular complexity index is 694. The number of nitrogens with zero attached hydrogens (tertiary/aromatic N) is 3. The Morgan fingerprint density at radius 3 is 2.39 bits per heavy atom. The highest BCUT2D eigenvalue weighted by Crippen LogP contribution is 2.09. The van der Waals surface area contributed by atoms with E-state index < -0.39 is 0 Å². The number of amides is 1. The van der Waals surface area contributed by atoms with Gasteiger partial charge in [-0.3, -0.25) is 4.79 Å². The molecule has 2 aromatic rings. The minimum absolute atomic E-state index is 0.136. The Kier molecular flexibility index (Phi) is 5.62. The summed E-state index contributed by atoms with van der Waals surface area (Å²) < 4.78 is 9.91. The molecule has 0 aliphatic heterocycles. The summed E-state index contributed by atoms with van der Waals surface area (Å²) in [6.45, 7) is 2.13. The van der Waals surface area contributed by atoms with Gasteiger partial charge < -0.3 is 14.8 Å². The van der Waals surface area contributed by atoms with E-state index in [4.69, 9.17) is 9.47 Å². The molecule has 1 aromatic carbocycles. The van der Waals surface area contributed by atoms with Crippen LogP contribution >= 0.6 is 0 Å². The molecule has 0 bridgehead atoms. The van der Waals surface area contributed by atoms with Crippen molar-refractivity contribution in [1.29, 1.82) is 0 Å². The molecule has 0 unspecified atom stereocenters. The fraction of sp³-hybridized carbons (Fsp3) is 0.250. The van der Waals surface area contributed by atoms with Crippen molar-refractivity contribution in [1.82, 2.24) is 20.3 Å². The van der Waals surface area contributed by atoms with Crippen LogP contribution in [0.3, 0.4) is 0 Å². The van der Waals surface area contributed by atoms with Gasteiger partial charge in [-0.15, -0.1) is 4.98 Å². The summed E-state index contributed by atoms with van der Waals surface area (Å²) in [7, 11) is 2.89. The number of methoxy groups -OCH3 is 2. The van der Waals surface area contributed by atoms with E-state index in [2.05, 4.69) is 20.3 Å². The summed E-state index contributed by atoms with van der Waals surface area (Å²) in [5, 5.41) is 2.70. The van der Waals surface area contributed by atoms with Gasteiger partial charge in [-0.25, -0.2) is 0 Å². The highest BCUT2D eigenvalue weighted by Gasteiger charge is 2.07. The zero-order chi connectivity index (χ0) is 16.7. The molecule has 1 heterocycles. The lowest BCUT2D eigenvalue weighted by Crippen LogP contribution is -2.22. The van der Waals surface area contributed by atoms with Crippen molar-refractivity contribution in [2.45, 2.75) is 13.5 Å². The van der Waals surface area contributed by atoms with Crippen molar-refractivity contribution in [3.63, 3.8) is 0 Å². The second-order valence-electron chi connectivity index (χ2n) is 4.63. The summed E-state index contributed by atoms with van der Waals surface area (Å²) in [5.74, 6) is 0.109. The average Bonchev–Trinajstić information content (AvgIpc) is 2.58. The molecule has 23 heavy (non-hydrogen) atoms. The third-order valence-electron chi connectivity index (χ3n) is 3.03. The maximum absolute atomic E-state index is 11.9. The number of aryl methyl sites for hydroxylation is 1. The van der Waals surface area contributed by atoms with E-state index in [1.165, 1.54) is 20.3 Å². The first-order valence-electron chi connectivity index (χ1n) is 6.97. The van der Waals surface area contributed by atoms with Gasteiger partial charge >= 0.3 is 12.0 Å². The van der Waals surface area contributed by atoms with Crippen LogP contribution in [0.2, 0.25) is 0 Å². The molecular formula is C16H18N4O3. The van der Waals surface area contributed by atoms with Crippen LogP contribution in [-0.4, -0.2) is 35.1 Å². The molecule has 1 aromatic heterocycles. The first kappa shape index (κ1) is 16.4. The third-order valence-corrected chi connectivity index (χ3v) is 3.03. The average molecular weight is 314 g/mol. The Morgan fingerprint density at radius 2 is 1.78 bits per heavy atom. The fourth-order valence-corrected chi connectivity index (χ4v) is 1.80. The van der Waals surface area contributed by atoms with Crippen LogP contribution in [-0.2, 0) is 11.3 Å². The zero-order valence-corrected chi connectivity index (χ0v) is 13.2. The van der Waals surface area contributed by atoms with Gasteiger partial charge in [0, 0.05) is 6.08 Å². The fourth-order valence-electron chi connectivity index (χ4n) is 1.80. The van der Waals surface area contributed by atoms with Gasteiger partial charge in [0.25, 0.3) is 0 Å². The highest BCUT2D eigenvalue weighted by molar-refractivity contribution is 5.91. The molecule has 0 aliphatic carbocycles. The maximum atomic E-state index is 11.9. The number of hydrogen-bond donors (Lipinski definition) is 1. The van der Waals surface area contributed by atoms with Crippen molar-refractivity contribution in [3.05, 3.63) is 47.3 Å². The molecule has 120 valence electrons. The monoisotopic (exact) mass is 314 g/mol. The van der Waals surface area contributed by atoms with Crippen LogP contribution < -0.4 is 14.8 Å². The van der Waals surface area contributed by atoms with Crippen molar-refractivity contribution in [2.75, 3.05) is 14.2 Å². The Labute approximate surface area is 134 Å². The summed E-state index contributed by atoms with van der Waals surface area (Å²) >= 11 is 0. The van der Waals surface area contributed by atoms with E-state index >= 15 is 0 Å². The molecule has 1 N–H and O–H groups in total. The second kappa shape index (κ2) is 7.88. The second-order valence-corrected chi connectivity index (χ2v) is 4.63. The van der Waals surface area contributed by atoms with Gasteiger partial charge in [0.2, 0.25) is 5.91 Å². The molecule has 0 saturated heterocycles. The van der Waals surface area contributed by atoms with Crippen LogP contribution in [0.4, 0.5) is 0 Å². The number of benzene rings is 1. The normalized spacial score (nSPS) is 10.6. The van der Waals surface area contributed by atoms with E-state index in [0.29, 0.717) is 5.82 Å². The van der Waals surface area contributed by atoms with Crippen molar-refractivity contribution in [2.24, 2.45) is 0 Å². The number of hydrogen-bond acceptors (Lipinski definition) is 6. The molecule has 7 nitrogen and oxygen atoms in total. The smallest absolute Gasteiger partial charge is 0.322 e. The van der Waals surface area contributed by atoms with E-state index in [1.807, 2.05) is 31.2 Å². The highest BCUT2D eigenvalue weighted by atomic mass is 16.5. The zero-order valence-electron chi connectivity index (χ0n) is 13.2. The lowest BCUT2D eigenvalue weighted by molar-refractivity contribution is -0.116. The minimum Gasteiger partial charge on any atom is -0.467 e. The Morgan fingerprint density at radius 1 is 1.13 bits per heavy atom.